The van der Waals surface area contributed by atoms with E-state index in [1.807, 2.05) is 10.6 Å². The maximum Gasteiger partial charge on any atom is 0.337 e. The molecule has 0 radical (unpaired) electrons. The molecule has 5 nitrogen and oxygen atoms in total. The highest BCUT2D eigenvalue weighted by Crippen LogP contribution is 2.46. The first-order valence-corrected chi connectivity index (χ1v) is 5.93. The Morgan fingerprint density at radius 3 is 2.83 bits per heavy atom. The average Bonchev–Trinajstić information content (AvgIpc) is 3.03. The molecule has 2 N–H and O–H groups in total. The lowest BCUT2D eigenvalue weighted by atomic mass is 10.1. The standard InChI is InChI=1S/C13H14N2O3/c16-7-13(4-5-13)6-15-8-14-11-9(12(17)18)2-1-3-10(11)15/h1-3,8,16H,4-7H2,(H,17,18). The number of fused-ring (bicyclic) bond motifs is 1. The van der Waals surface area contributed by atoms with E-state index in [4.69, 9.17) is 5.11 Å². The molecule has 94 valence electrons. The lowest BCUT2D eigenvalue weighted by Crippen LogP contribution is -2.15. The van der Waals surface area contributed by atoms with E-state index < -0.39 is 5.97 Å². The molecule has 1 aromatic carbocycles. The van der Waals surface area contributed by atoms with Gasteiger partial charge in [-0.1, -0.05) is 6.07 Å². The molecule has 0 bridgehead atoms. The Bertz CT molecular complexity index is 614. The number of carboxylic acids is 1. The molecule has 2 aromatic rings. The first-order chi connectivity index (χ1) is 8.65. The van der Waals surface area contributed by atoms with E-state index in [1.165, 1.54) is 0 Å². The molecule has 1 saturated carbocycles. The van der Waals surface area contributed by atoms with Crippen molar-refractivity contribution in [2.75, 3.05) is 6.61 Å². The summed E-state index contributed by atoms with van der Waals surface area (Å²) < 4.78 is 1.94. The largest absolute Gasteiger partial charge is 0.478 e. The Kier molecular flexibility index (Phi) is 2.38. The van der Waals surface area contributed by atoms with Crippen molar-refractivity contribution in [1.82, 2.24) is 9.55 Å². The Balaban J connectivity index is 2.04. The van der Waals surface area contributed by atoms with Gasteiger partial charge in [0.1, 0.15) is 5.52 Å². The highest BCUT2D eigenvalue weighted by Gasteiger charge is 2.42. The van der Waals surface area contributed by atoms with Crippen LogP contribution in [0.15, 0.2) is 24.5 Å². The summed E-state index contributed by atoms with van der Waals surface area (Å²) in [5.74, 6) is -0.964. The summed E-state index contributed by atoms with van der Waals surface area (Å²) in [6.45, 7) is 0.869. The summed E-state index contributed by atoms with van der Waals surface area (Å²) >= 11 is 0. The number of para-hydroxylation sites is 1. The van der Waals surface area contributed by atoms with E-state index >= 15 is 0 Å². The van der Waals surface area contributed by atoms with Gasteiger partial charge in [0.15, 0.2) is 0 Å². The van der Waals surface area contributed by atoms with Crippen LogP contribution in [0.1, 0.15) is 23.2 Å². The predicted molar refractivity (Wildman–Crippen MR) is 65.4 cm³/mol. The summed E-state index contributed by atoms with van der Waals surface area (Å²) in [6, 6.07) is 5.14. The molecule has 5 heteroatoms. The molecule has 3 rings (SSSR count). The van der Waals surface area contributed by atoms with Gasteiger partial charge in [-0.2, -0.15) is 0 Å². The zero-order valence-corrected chi connectivity index (χ0v) is 9.83. The molecule has 1 aliphatic rings. The molecular formula is C13H14N2O3. The van der Waals surface area contributed by atoms with Crippen LogP contribution in [0.3, 0.4) is 0 Å². The monoisotopic (exact) mass is 246 g/mol. The highest BCUT2D eigenvalue weighted by atomic mass is 16.4. The maximum absolute atomic E-state index is 11.1. The van der Waals surface area contributed by atoms with Gasteiger partial charge in [0.25, 0.3) is 0 Å². The summed E-state index contributed by atoms with van der Waals surface area (Å²) in [7, 11) is 0. The molecule has 0 amide bonds. The van der Waals surface area contributed by atoms with Crippen molar-refractivity contribution in [3.63, 3.8) is 0 Å². The third-order valence-electron chi connectivity index (χ3n) is 3.68. The van der Waals surface area contributed by atoms with Crippen molar-refractivity contribution in [3.8, 4) is 0 Å². The van der Waals surface area contributed by atoms with E-state index in [2.05, 4.69) is 4.98 Å². The van der Waals surface area contributed by atoms with Gasteiger partial charge in [0.05, 0.1) is 24.0 Å². The predicted octanol–water partition coefficient (Wildman–Crippen LogP) is 1.51. The molecule has 1 aliphatic carbocycles. The van der Waals surface area contributed by atoms with Gasteiger partial charge in [0, 0.05) is 12.0 Å². The fourth-order valence-electron chi connectivity index (χ4n) is 2.29. The van der Waals surface area contributed by atoms with Gasteiger partial charge in [-0.25, -0.2) is 9.78 Å². The highest BCUT2D eigenvalue weighted by molar-refractivity contribution is 6.00. The normalized spacial score (nSPS) is 16.9. The van der Waals surface area contributed by atoms with Crippen molar-refractivity contribution in [1.29, 1.82) is 0 Å². The van der Waals surface area contributed by atoms with Gasteiger partial charge in [0.2, 0.25) is 0 Å². The van der Waals surface area contributed by atoms with Crippen molar-refractivity contribution in [2.24, 2.45) is 5.41 Å². The molecule has 0 unspecified atom stereocenters. The third-order valence-corrected chi connectivity index (χ3v) is 3.68. The number of carboxylic acid groups (broad SMARTS) is 1. The molecule has 0 saturated heterocycles. The van der Waals surface area contributed by atoms with Gasteiger partial charge >= 0.3 is 5.97 Å². The second-order valence-electron chi connectivity index (χ2n) is 5.01. The van der Waals surface area contributed by atoms with Crippen LogP contribution in [0.4, 0.5) is 0 Å². The molecule has 1 aromatic heterocycles. The Morgan fingerprint density at radius 2 is 2.22 bits per heavy atom. The minimum Gasteiger partial charge on any atom is -0.478 e. The van der Waals surface area contributed by atoms with Crippen molar-refractivity contribution in [2.45, 2.75) is 19.4 Å². The molecule has 0 atom stereocenters. The minimum atomic E-state index is -0.964. The quantitative estimate of drug-likeness (QED) is 0.857. The molecule has 0 aliphatic heterocycles. The number of aromatic carboxylic acids is 1. The first kappa shape index (κ1) is 11.2. The van der Waals surface area contributed by atoms with Gasteiger partial charge in [-0.15, -0.1) is 0 Å². The number of aromatic nitrogens is 2. The van der Waals surface area contributed by atoms with Gasteiger partial charge in [-0.05, 0) is 25.0 Å². The van der Waals surface area contributed by atoms with Crippen LogP contribution in [0.25, 0.3) is 11.0 Å². The summed E-state index contributed by atoms with van der Waals surface area (Å²) in [6.07, 6.45) is 3.69. The number of imidazole rings is 1. The number of aliphatic hydroxyl groups excluding tert-OH is 1. The number of hydrogen-bond acceptors (Lipinski definition) is 3. The fourth-order valence-corrected chi connectivity index (χ4v) is 2.29. The number of nitrogens with zero attached hydrogens (tertiary/aromatic N) is 2. The van der Waals surface area contributed by atoms with Crippen molar-refractivity contribution < 1.29 is 15.0 Å². The van der Waals surface area contributed by atoms with E-state index in [0.29, 0.717) is 12.1 Å². The number of rotatable bonds is 4. The zero-order valence-electron chi connectivity index (χ0n) is 9.83. The van der Waals surface area contributed by atoms with Crippen LogP contribution in [-0.2, 0) is 6.54 Å². The summed E-state index contributed by atoms with van der Waals surface area (Å²) in [4.78, 5) is 15.3. The van der Waals surface area contributed by atoms with Crippen molar-refractivity contribution in [3.05, 3.63) is 30.1 Å². The Labute approximate surface area is 104 Å². The summed E-state index contributed by atoms with van der Waals surface area (Å²) in [5, 5.41) is 18.4. The minimum absolute atomic E-state index is 0.0210. The average molecular weight is 246 g/mol. The second kappa shape index (κ2) is 3.81. The van der Waals surface area contributed by atoms with E-state index in [1.54, 1.807) is 18.5 Å². The van der Waals surface area contributed by atoms with Crippen LogP contribution in [0.5, 0.6) is 0 Å². The molecule has 18 heavy (non-hydrogen) atoms. The molecular weight excluding hydrogens is 232 g/mol. The molecule has 0 spiro atoms. The molecule has 1 heterocycles. The lowest BCUT2D eigenvalue weighted by Gasteiger charge is -2.12. The van der Waals surface area contributed by atoms with Crippen molar-refractivity contribution >= 4 is 17.0 Å². The summed E-state index contributed by atoms with van der Waals surface area (Å²) in [5.41, 5.74) is 1.53. The first-order valence-electron chi connectivity index (χ1n) is 5.93. The SMILES string of the molecule is O=C(O)c1cccc2c1ncn2CC1(CO)CC1. The van der Waals surface area contributed by atoms with Crippen LogP contribution in [0, 0.1) is 5.41 Å². The number of hydrogen-bond donors (Lipinski definition) is 2. The van der Waals surface area contributed by atoms with Gasteiger partial charge < -0.3 is 14.8 Å². The van der Waals surface area contributed by atoms with Crippen LogP contribution in [0.2, 0.25) is 0 Å². The Hall–Kier alpha value is -1.88. The fraction of sp³-hybridized carbons (Fsp3) is 0.385. The van der Waals surface area contributed by atoms with E-state index in [0.717, 1.165) is 18.4 Å². The number of carbonyl (C=O) groups is 1. The van der Waals surface area contributed by atoms with Crippen LogP contribution < -0.4 is 0 Å². The van der Waals surface area contributed by atoms with E-state index in [-0.39, 0.29) is 17.6 Å². The maximum atomic E-state index is 11.1. The topological polar surface area (TPSA) is 75.3 Å². The number of benzene rings is 1. The second-order valence-corrected chi connectivity index (χ2v) is 5.01. The zero-order chi connectivity index (χ0) is 12.8. The third kappa shape index (κ3) is 1.67. The number of aliphatic hydroxyl groups is 1. The van der Waals surface area contributed by atoms with Gasteiger partial charge in [-0.3, -0.25) is 0 Å². The van der Waals surface area contributed by atoms with E-state index in [9.17, 15) is 9.90 Å². The van der Waals surface area contributed by atoms with Crippen LogP contribution in [-0.4, -0.2) is 32.3 Å². The lowest BCUT2D eigenvalue weighted by molar-refractivity contribution is 0.0699. The van der Waals surface area contributed by atoms with Crippen LogP contribution >= 0.6 is 0 Å². The Morgan fingerprint density at radius 1 is 1.44 bits per heavy atom. The smallest absolute Gasteiger partial charge is 0.337 e. The molecule has 1 fully saturated rings.